The van der Waals surface area contributed by atoms with E-state index in [9.17, 15) is 4.79 Å². The Balaban J connectivity index is 1.50. The van der Waals surface area contributed by atoms with Crippen molar-refractivity contribution in [2.45, 2.75) is 0 Å². The van der Waals surface area contributed by atoms with E-state index in [1.54, 1.807) is 32.4 Å². The zero-order valence-corrected chi connectivity index (χ0v) is 16.3. The van der Waals surface area contributed by atoms with E-state index in [-0.39, 0.29) is 5.91 Å². The monoisotopic (exact) mass is 389 g/mol. The molecule has 1 amide bonds. The number of hydrogen-bond acceptors (Lipinski definition) is 5. The third-order valence-electron chi connectivity index (χ3n) is 4.60. The first-order valence-electron chi connectivity index (χ1n) is 8.84. The summed E-state index contributed by atoms with van der Waals surface area (Å²) in [6, 6.07) is 13.2. The Kier molecular flexibility index (Phi) is 6.42. The second-order valence-electron chi connectivity index (χ2n) is 6.36. The van der Waals surface area contributed by atoms with Crippen LogP contribution in [0, 0.1) is 0 Å². The van der Waals surface area contributed by atoms with E-state index in [2.05, 4.69) is 15.1 Å². The molecule has 1 saturated heterocycles. The number of carbonyl (C=O) groups is 1. The van der Waals surface area contributed by atoms with Gasteiger partial charge in [0.05, 0.1) is 20.8 Å². The van der Waals surface area contributed by atoms with E-state index in [1.807, 2.05) is 24.3 Å². The number of piperazine rings is 1. The second kappa shape index (κ2) is 8.97. The van der Waals surface area contributed by atoms with Crippen molar-refractivity contribution < 1.29 is 14.3 Å². The summed E-state index contributed by atoms with van der Waals surface area (Å²) >= 11 is 5.95. The summed E-state index contributed by atoms with van der Waals surface area (Å²) in [6.45, 7) is 3.79. The number of benzene rings is 2. The first-order valence-corrected chi connectivity index (χ1v) is 9.21. The number of hydrogen-bond donors (Lipinski definition) is 1. The minimum atomic E-state index is -0.0397. The van der Waals surface area contributed by atoms with Gasteiger partial charge in [-0.15, -0.1) is 0 Å². The lowest BCUT2D eigenvalue weighted by atomic mass is 10.2. The summed E-state index contributed by atoms with van der Waals surface area (Å²) in [4.78, 5) is 16.8. The summed E-state index contributed by atoms with van der Waals surface area (Å²) in [5, 5.41) is 3.66. The fourth-order valence-electron chi connectivity index (χ4n) is 3.13. The van der Waals surface area contributed by atoms with Crippen LogP contribution < -0.4 is 19.7 Å². The number of carbonyl (C=O) groups excluding carboxylic acids is 1. The van der Waals surface area contributed by atoms with Gasteiger partial charge in [0, 0.05) is 48.6 Å². The summed E-state index contributed by atoms with van der Waals surface area (Å²) in [5.41, 5.74) is 1.85. The Morgan fingerprint density at radius 3 is 2.30 bits per heavy atom. The molecule has 144 valence electrons. The number of rotatable bonds is 6. The highest BCUT2D eigenvalue weighted by Crippen LogP contribution is 2.29. The van der Waals surface area contributed by atoms with Crippen LogP contribution in [0.1, 0.15) is 0 Å². The molecule has 1 aliphatic heterocycles. The largest absolute Gasteiger partial charge is 0.493 e. The molecule has 0 aliphatic carbocycles. The Bertz CT molecular complexity index is 775. The van der Waals surface area contributed by atoms with Gasteiger partial charge in [0.1, 0.15) is 0 Å². The van der Waals surface area contributed by atoms with Gasteiger partial charge in [0.25, 0.3) is 0 Å². The molecule has 0 atom stereocenters. The standard InChI is InChI=1S/C20H24ClN3O3/c1-26-18-8-5-16(13-19(18)27-2)22-20(25)14-23-9-11-24(12-10-23)17-6-3-15(21)4-7-17/h3-8,13H,9-12,14H2,1-2H3,(H,22,25). The Labute approximate surface area is 164 Å². The highest BCUT2D eigenvalue weighted by Gasteiger charge is 2.19. The van der Waals surface area contributed by atoms with Gasteiger partial charge in [-0.3, -0.25) is 9.69 Å². The molecule has 0 saturated carbocycles. The van der Waals surface area contributed by atoms with Crippen molar-refractivity contribution in [2.75, 3.05) is 57.2 Å². The molecule has 2 aromatic carbocycles. The van der Waals surface area contributed by atoms with Gasteiger partial charge in [0.15, 0.2) is 11.5 Å². The minimum absolute atomic E-state index is 0.0397. The number of nitrogens with zero attached hydrogens (tertiary/aromatic N) is 2. The number of methoxy groups -OCH3 is 2. The Morgan fingerprint density at radius 1 is 1.00 bits per heavy atom. The van der Waals surface area contributed by atoms with Crippen LogP contribution in [0.5, 0.6) is 11.5 Å². The van der Waals surface area contributed by atoms with E-state index in [0.717, 1.165) is 36.9 Å². The zero-order chi connectivity index (χ0) is 19.2. The van der Waals surface area contributed by atoms with Gasteiger partial charge >= 0.3 is 0 Å². The molecule has 1 N–H and O–H groups in total. The van der Waals surface area contributed by atoms with Crippen LogP contribution in [-0.2, 0) is 4.79 Å². The summed E-state index contributed by atoms with van der Waals surface area (Å²) in [5.74, 6) is 1.18. The summed E-state index contributed by atoms with van der Waals surface area (Å²) < 4.78 is 10.5. The van der Waals surface area contributed by atoms with E-state index in [4.69, 9.17) is 21.1 Å². The smallest absolute Gasteiger partial charge is 0.238 e. The highest BCUT2D eigenvalue weighted by molar-refractivity contribution is 6.30. The van der Waals surface area contributed by atoms with E-state index in [0.29, 0.717) is 23.7 Å². The van der Waals surface area contributed by atoms with Crippen molar-refractivity contribution in [1.29, 1.82) is 0 Å². The van der Waals surface area contributed by atoms with Gasteiger partial charge in [-0.2, -0.15) is 0 Å². The average Bonchev–Trinajstić information content (AvgIpc) is 2.69. The van der Waals surface area contributed by atoms with Crippen LogP contribution in [0.2, 0.25) is 5.02 Å². The number of nitrogens with one attached hydrogen (secondary N) is 1. The molecule has 0 aromatic heterocycles. The predicted molar refractivity (Wildman–Crippen MR) is 108 cm³/mol. The van der Waals surface area contributed by atoms with Gasteiger partial charge < -0.3 is 19.7 Å². The van der Waals surface area contributed by atoms with Crippen molar-refractivity contribution in [3.8, 4) is 11.5 Å². The summed E-state index contributed by atoms with van der Waals surface area (Å²) in [7, 11) is 3.16. The molecule has 0 unspecified atom stereocenters. The number of amides is 1. The van der Waals surface area contributed by atoms with Crippen LogP contribution >= 0.6 is 11.6 Å². The number of halogens is 1. The molecule has 0 bridgehead atoms. The molecule has 1 aliphatic rings. The highest BCUT2D eigenvalue weighted by atomic mass is 35.5. The van der Waals surface area contributed by atoms with Crippen LogP contribution in [0.3, 0.4) is 0 Å². The van der Waals surface area contributed by atoms with Crippen LogP contribution in [0.15, 0.2) is 42.5 Å². The van der Waals surface area contributed by atoms with Gasteiger partial charge in [-0.25, -0.2) is 0 Å². The normalized spacial score (nSPS) is 14.7. The fourth-order valence-corrected chi connectivity index (χ4v) is 3.26. The summed E-state index contributed by atoms with van der Waals surface area (Å²) in [6.07, 6.45) is 0. The van der Waals surface area contributed by atoms with Crippen molar-refractivity contribution in [3.05, 3.63) is 47.5 Å². The van der Waals surface area contributed by atoms with Crippen molar-refractivity contribution in [2.24, 2.45) is 0 Å². The minimum Gasteiger partial charge on any atom is -0.493 e. The van der Waals surface area contributed by atoms with Crippen molar-refractivity contribution >= 4 is 28.9 Å². The van der Waals surface area contributed by atoms with Crippen LogP contribution in [0.4, 0.5) is 11.4 Å². The lowest BCUT2D eigenvalue weighted by Crippen LogP contribution is -2.48. The Morgan fingerprint density at radius 2 is 1.67 bits per heavy atom. The number of anilines is 2. The molecule has 1 heterocycles. The van der Waals surface area contributed by atoms with Crippen molar-refractivity contribution in [3.63, 3.8) is 0 Å². The number of ether oxygens (including phenoxy) is 2. The molecule has 3 rings (SSSR count). The van der Waals surface area contributed by atoms with Gasteiger partial charge in [0.2, 0.25) is 5.91 Å². The second-order valence-corrected chi connectivity index (χ2v) is 6.79. The first kappa shape index (κ1) is 19.3. The lowest BCUT2D eigenvalue weighted by molar-refractivity contribution is -0.117. The Hall–Kier alpha value is -2.44. The molecular formula is C20H24ClN3O3. The quantitative estimate of drug-likeness (QED) is 0.822. The molecule has 2 aromatic rings. The fraction of sp³-hybridized carbons (Fsp3) is 0.350. The molecule has 0 radical (unpaired) electrons. The predicted octanol–water partition coefficient (Wildman–Crippen LogP) is 3.12. The maximum Gasteiger partial charge on any atom is 0.238 e. The first-order chi connectivity index (χ1) is 13.1. The molecular weight excluding hydrogens is 366 g/mol. The molecule has 6 nitrogen and oxygen atoms in total. The molecule has 7 heteroatoms. The molecule has 27 heavy (non-hydrogen) atoms. The van der Waals surface area contributed by atoms with E-state index in [1.165, 1.54) is 0 Å². The third-order valence-corrected chi connectivity index (χ3v) is 4.85. The maximum absolute atomic E-state index is 12.4. The van der Waals surface area contributed by atoms with Gasteiger partial charge in [-0.1, -0.05) is 11.6 Å². The zero-order valence-electron chi connectivity index (χ0n) is 15.6. The average molecular weight is 390 g/mol. The van der Waals surface area contributed by atoms with E-state index >= 15 is 0 Å². The van der Waals surface area contributed by atoms with Gasteiger partial charge in [-0.05, 0) is 36.4 Å². The molecule has 1 fully saturated rings. The van der Waals surface area contributed by atoms with E-state index < -0.39 is 0 Å². The maximum atomic E-state index is 12.4. The van der Waals surface area contributed by atoms with Crippen molar-refractivity contribution in [1.82, 2.24) is 4.90 Å². The lowest BCUT2D eigenvalue weighted by Gasteiger charge is -2.35. The molecule has 0 spiro atoms. The van der Waals surface area contributed by atoms with Crippen LogP contribution in [0.25, 0.3) is 0 Å². The van der Waals surface area contributed by atoms with Crippen LogP contribution in [-0.4, -0.2) is 57.8 Å². The topological polar surface area (TPSA) is 54.0 Å². The third kappa shape index (κ3) is 5.05. The SMILES string of the molecule is COc1ccc(NC(=O)CN2CCN(c3ccc(Cl)cc3)CC2)cc1OC.